The van der Waals surface area contributed by atoms with Gasteiger partial charge in [-0.15, -0.1) is 0 Å². The Bertz CT molecular complexity index is 768. The number of nitrogens with one attached hydrogen (secondary N) is 3. The van der Waals surface area contributed by atoms with Crippen molar-refractivity contribution in [3.05, 3.63) is 54.6 Å². The van der Waals surface area contributed by atoms with Crippen LogP contribution < -0.4 is 10.6 Å². The lowest BCUT2D eigenvalue weighted by atomic mass is 10.3. The Morgan fingerprint density at radius 1 is 1.15 bits per heavy atom. The average molecular weight is 270 g/mol. The standard InChI is InChI=1S/C14H11FN4O/c15-10-3-1-2-4-11(10)19-14(20)18-9-5-6-12-13(7-9)17-8-16-12/h1-8H,(H,16,17)(H2,18,19,20). The van der Waals surface area contributed by atoms with E-state index in [1.54, 1.807) is 36.7 Å². The number of urea groups is 1. The smallest absolute Gasteiger partial charge is 0.323 e. The van der Waals surface area contributed by atoms with Gasteiger partial charge in [0.15, 0.2) is 0 Å². The molecule has 2 amide bonds. The lowest BCUT2D eigenvalue weighted by Gasteiger charge is -2.08. The molecule has 0 fully saturated rings. The minimum absolute atomic E-state index is 0.132. The number of rotatable bonds is 2. The Morgan fingerprint density at radius 2 is 2.00 bits per heavy atom. The third-order valence-corrected chi connectivity index (χ3v) is 2.80. The normalized spacial score (nSPS) is 10.4. The number of aromatic nitrogens is 2. The number of para-hydroxylation sites is 1. The van der Waals surface area contributed by atoms with E-state index in [2.05, 4.69) is 20.6 Å². The second-order valence-corrected chi connectivity index (χ2v) is 4.19. The summed E-state index contributed by atoms with van der Waals surface area (Å²) in [7, 11) is 0. The van der Waals surface area contributed by atoms with Crippen molar-refractivity contribution in [2.45, 2.75) is 0 Å². The summed E-state index contributed by atoms with van der Waals surface area (Å²) in [5.41, 5.74) is 2.35. The van der Waals surface area contributed by atoms with Crippen molar-refractivity contribution < 1.29 is 9.18 Å². The second-order valence-electron chi connectivity index (χ2n) is 4.19. The molecule has 0 aliphatic rings. The number of halogens is 1. The molecule has 20 heavy (non-hydrogen) atoms. The number of amides is 2. The molecule has 2 aromatic carbocycles. The number of hydrogen-bond donors (Lipinski definition) is 3. The monoisotopic (exact) mass is 270 g/mol. The van der Waals surface area contributed by atoms with Gasteiger partial charge in [0, 0.05) is 5.69 Å². The SMILES string of the molecule is O=C(Nc1ccc2nc[nH]c2c1)Nc1ccccc1F. The first-order valence-electron chi connectivity index (χ1n) is 5.98. The Morgan fingerprint density at radius 3 is 2.85 bits per heavy atom. The van der Waals surface area contributed by atoms with E-state index in [1.807, 2.05) is 0 Å². The van der Waals surface area contributed by atoms with Gasteiger partial charge in [-0.2, -0.15) is 0 Å². The fourth-order valence-electron chi connectivity index (χ4n) is 1.86. The van der Waals surface area contributed by atoms with Crippen LogP contribution in [0.3, 0.4) is 0 Å². The molecule has 6 heteroatoms. The number of anilines is 2. The molecule has 100 valence electrons. The number of carbonyl (C=O) groups excluding carboxylic acids is 1. The van der Waals surface area contributed by atoms with Crippen LogP contribution in [-0.2, 0) is 0 Å². The highest BCUT2D eigenvalue weighted by atomic mass is 19.1. The van der Waals surface area contributed by atoms with Crippen molar-refractivity contribution in [3.63, 3.8) is 0 Å². The lowest BCUT2D eigenvalue weighted by Crippen LogP contribution is -2.20. The molecule has 3 aromatic rings. The van der Waals surface area contributed by atoms with Crippen LogP contribution in [0.1, 0.15) is 0 Å². The number of H-pyrrole nitrogens is 1. The molecule has 0 saturated heterocycles. The van der Waals surface area contributed by atoms with Gasteiger partial charge in [-0.1, -0.05) is 12.1 Å². The second kappa shape index (κ2) is 5.00. The first kappa shape index (κ1) is 12.2. The number of carbonyl (C=O) groups is 1. The quantitative estimate of drug-likeness (QED) is 0.668. The zero-order valence-electron chi connectivity index (χ0n) is 10.4. The van der Waals surface area contributed by atoms with Crippen molar-refractivity contribution in [3.8, 4) is 0 Å². The van der Waals surface area contributed by atoms with Crippen molar-refractivity contribution in [1.29, 1.82) is 0 Å². The Kier molecular flexibility index (Phi) is 3.04. The van der Waals surface area contributed by atoms with E-state index < -0.39 is 11.8 Å². The van der Waals surface area contributed by atoms with Crippen LogP contribution >= 0.6 is 0 Å². The van der Waals surface area contributed by atoms with Crippen LogP contribution in [0.25, 0.3) is 11.0 Å². The molecule has 3 N–H and O–H groups in total. The van der Waals surface area contributed by atoms with Crippen LogP contribution in [0.2, 0.25) is 0 Å². The predicted octanol–water partition coefficient (Wildman–Crippen LogP) is 3.35. The summed E-state index contributed by atoms with van der Waals surface area (Å²) in [4.78, 5) is 18.8. The average Bonchev–Trinajstić information content (AvgIpc) is 2.89. The number of fused-ring (bicyclic) bond motifs is 1. The van der Waals surface area contributed by atoms with Crippen molar-refractivity contribution in [2.75, 3.05) is 10.6 Å². The minimum atomic E-state index is -0.506. The van der Waals surface area contributed by atoms with Gasteiger partial charge in [0.2, 0.25) is 0 Å². The summed E-state index contributed by atoms with van der Waals surface area (Å²) < 4.78 is 13.4. The highest BCUT2D eigenvalue weighted by molar-refractivity contribution is 6.00. The van der Waals surface area contributed by atoms with Crippen molar-refractivity contribution in [1.82, 2.24) is 9.97 Å². The number of imidazole rings is 1. The van der Waals surface area contributed by atoms with Crippen LogP contribution in [0.5, 0.6) is 0 Å². The van der Waals surface area contributed by atoms with Gasteiger partial charge in [-0.05, 0) is 30.3 Å². The van der Waals surface area contributed by atoms with E-state index in [0.717, 1.165) is 11.0 Å². The van der Waals surface area contributed by atoms with E-state index in [4.69, 9.17) is 0 Å². The van der Waals surface area contributed by atoms with Crippen LogP contribution in [-0.4, -0.2) is 16.0 Å². The highest BCUT2D eigenvalue weighted by Crippen LogP contribution is 2.17. The summed E-state index contributed by atoms with van der Waals surface area (Å²) in [6.07, 6.45) is 1.58. The largest absolute Gasteiger partial charge is 0.345 e. The molecular weight excluding hydrogens is 259 g/mol. The molecule has 0 unspecified atom stereocenters. The van der Waals surface area contributed by atoms with Gasteiger partial charge < -0.3 is 15.6 Å². The molecular formula is C14H11FN4O. The first-order chi connectivity index (χ1) is 9.72. The minimum Gasteiger partial charge on any atom is -0.345 e. The van der Waals surface area contributed by atoms with Gasteiger partial charge in [0.25, 0.3) is 0 Å². The lowest BCUT2D eigenvalue weighted by molar-refractivity contribution is 0.262. The predicted molar refractivity (Wildman–Crippen MR) is 75.1 cm³/mol. The number of aromatic amines is 1. The zero-order valence-corrected chi connectivity index (χ0v) is 10.4. The molecule has 1 heterocycles. The van der Waals surface area contributed by atoms with E-state index in [-0.39, 0.29) is 5.69 Å². The topological polar surface area (TPSA) is 69.8 Å². The molecule has 0 aliphatic carbocycles. The third kappa shape index (κ3) is 2.44. The van der Waals surface area contributed by atoms with Crippen LogP contribution in [0, 0.1) is 5.82 Å². The maximum Gasteiger partial charge on any atom is 0.323 e. The van der Waals surface area contributed by atoms with E-state index in [9.17, 15) is 9.18 Å². The van der Waals surface area contributed by atoms with Crippen molar-refractivity contribution in [2.24, 2.45) is 0 Å². The van der Waals surface area contributed by atoms with Gasteiger partial charge in [0.1, 0.15) is 5.82 Å². The summed E-state index contributed by atoms with van der Waals surface area (Å²) in [6.45, 7) is 0. The number of hydrogen-bond acceptors (Lipinski definition) is 2. The van der Waals surface area contributed by atoms with Gasteiger partial charge in [-0.3, -0.25) is 0 Å². The summed E-state index contributed by atoms with van der Waals surface area (Å²) >= 11 is 0. The van der Waals surface area contributed by atoms with Crippen LogP contribution in [0.4, 0.5) is 20.6 Å². The number of nitrogens with zero attached hydrogens (tertiary/aromatic N) is 1. The molecule has 3 rings (SSSR count). The molecule has 0 aliphatic heterocycles. The zero-order chi connectivity index (χ0) is 13.9. The van der Waals surface area contributed by atoms with E-state index >= 15 is 0 Å². The first-order valence-corrected chi connectivity index (χ1v) is 5.98. The van der Waals surface area contributed by atoms with Gasteiger partial charge in [-0.25, -0.2) is 14.2 Å². The van der Waals surface area contributed by atoms with Gasteiger partial charge >= 0.3 is 6.03 Å². The molecule has 5 nitrogen and oxygen atoms in total. The molecule has 0 saturated carbocycles. The molecule has 1 aromatic heterocycles. The molecule has 0 atom stereocenters. The van der Waals surface area contributed by atoms with Gasteiger partial charge in [0.05, 0.1) is 23.0 Å². The summed E-state index contributed by atoms with van der Waals surface area (Å²) in [5.74, 6) is -0.480. The summed E-state index contributed by atoms with van der Waals surface area (Å²) in [6, 6.07) is 10.7. The molecule has 0 spiro atoms. The number of benzene rings is 2. The van der Waals surface area contributed by atoms with Crippen molar-refractivity contribution >= 4 is 28.4 Å². The molecule has 0 radical (unpaired) electrons. The Hall–Kier alpha value is -2.89. The maximum absolute atomic E-state index is 13.4. The molecule has 0 bridgehead atoms. The maximum atomic E-state index is 13.4. The van der Waals surface area contributed by atoms with E-state index in [0.29, 0.717) is 5.69 Å². The summed E-state index contributed by atoms with van der Waals surface area (Å²) in [5, 5.41) is 5.08. The van der Waals surface area contributed by atoms with Crippen LogP contribution in [0.15, 0.2) is 48.8 Å². The third-order valence-electron chi connectivity index (χ3n) is 2.80. The fourth-order valence-corrected chi connectivity index (χ4v) is 1.86. The fraction of sp³-hybridized carbons (Fsp3) is 0. The highest BCUT2D eigenvalue weighted by Gasteiger charge is 2.07. The Labute approximate surface area is 113 Å². The van der Waals surface area contributed by atoms with E-state index in [1.165, 1.54) is 12.1 Å². The Balaban J connectivity index is 1.74.